The zero-order valence-corrected chi connectivity index (χ0v) is 35.4. The van der Waals surface area contributed by atoms with Gasteiger partial charge in [-0.15, -0.1) is 29.7 Å². The van der Waals surface area contributed by atoms with Gasteiger partial charge >= 0.3 is 0 Å². The van der Waals surface area contributed by atoms with E-state index in [2.05, 4.69) is 79.3 Å². The van der Waals surface area contributed by atoms with Crippen LogP contribution in [-0.2, 0) is 21.1 Å². The van der Waals surface area contributed by atoms with E-state index in [0.717, 1.165) is 51.6 Å². The van der Waals surface area contributed by atoms with Crippen LogP contribution in [0.15, 0.2) is 188 Å². The first-order valence-corrected chi connectivity index (χ1v) is 19.8. The SMILES string of the molecule is [2H]c1c([2H])c([2H])c(-c2cccc(-c3c([2H])c([2H])c([2H])c([2H])c3[2H])c2-[n+]2[c-]n(-c3[c-]c(Oc4[c-]c5c(cc4)c4cc(-c6ccccc6)ccc4n5-c4cc(C(CC)CC)ccn4)ccc3)cc2)c([2H])c1[2H].[Pt]. The number of ether oxygens (including phenoxy) is 1. The number of hydrogen-bond donors (Lipinski definition) is 0. The van der Waals surface area contributed by atoms with Gasteiger partial charge in [0.2, 0.25) is 0 Å². The van der Waals surface area contributed by atoms with Gasteiger partial charge in [-0.2, -0.15) is 18.2 Å². The summed E-state index contributed by atoms with van der Waals surface area (Å²) >= 11 is 0. The van der Waals surface area contributed by atoms with Gasteiger partial charge in [0, 0.05) is 56.7 Å². The quantitative estimate of drug-likeness (QED) is 0.0956. The molecular weight excluding hydrogens is 928 g/mol. The number of para-hydroxylation sites is 1. The van der Waals surface area contributed by atoms with Crippen molar-refractivity contribution in [3.63, 3.8) is 0 Å². The van der Waals surface area contributed by atoms with Gasteiger partial charge in [-0.1, -0.05) is 140 Å². The summed E-state index contributed by atoms with van der Waals surface area (Å²) in [6, 6.07) is 36.6. The minimum Gasteiger partial charge on any atom is -0.510 e. The van der Waals surface area contributed by atoms with E-state index in [1.54, 1.807) is 53.4 Å². The summed E-state index contributed by atoms with van der Waals surface area (Å²) in [6.07, 6.45) is 10.4. The van der Waals surface area contributed by atoms with Crippen LogP contribution in [0.3, 0.4) is 0 Å². The van der Waals surface area contributed by atoms with Gasteiger partial charge in [-0.3, -0.25) is 4.57 Å². The van der Waals surface area contributed by atoms with Crippen LogP contribution >= 0.6 is 0 Å². The smallest absolute Gasteiger partial charge is 0.267 e. The van der Waals surface area contributed by atoms with E-state index in [4.69, 9.17) is 23.4 Å². The number of hydrogen-bond acceptors (Lipinski definition) is 2. The van der Waals surface area contributed by atoms with Crippen LogP contribution in [0.5, 0.6) is 11.5 Å². The number of benzene rings is 7. The fourth-order valence-electron chi connectivity index (χ4n) is 7.91. The fraction of sp³-hybridized carbons (Fsp3) is 0.0909. The standard InChI is InChI=1S/C55H42N4O.Pt/c1-3-39(4-2)44-30-31-56-54(35-44)59-52-29-26-43(40-16-8-5-9-17-40)34-51(52)50-28-27-47(37-53(50)59)60-46-23-14-22-45(36-46)57-32-33-58(38-57)55-48(41-18-10-6-11-19-41)24-15-25-49(55)42-20-12-7-13-21-42;/h5-35,39H,3-4H2,1-2H3;/q-2;/i6D,7D,10D,11D,12D,13D,18D,19D,20D,21D;. The molecule has 3 aromatic heterocycles. The van der Waals surface area contributed by atoms with Gasteiger partial charge in [0.1, 0.15) is 5.82 Å². The summed E-state index contributed by atoms with van der Waals surface area (Å²) in [6.45, 7) is 4.40. The van der Waals surface area contributed by atoms with Crippen molar-refractivity contribution in [3.05, 3.63) is 212 Å². The molecule has 0 unspecified atom stereocenters. The van der Waals surface area contributed by atoms with Crippen LogP contribution in [0.25, 0.3) is 72.4 Å². The molecule has 5 nitrogen and oxygen atoms in total. The van der Waals surface area contributed by atoms with Crippen molar-refractivity contribution >= 4 is 21.8 Å². The van der Waals surface area contributed by atoms with Gasteiger partial charge in [-0.05, 0) is 87.0 Å². The molecule has 0 bridgehead atoms. The first-order valence-electron chi connectivity index (χ1n) is 24.8. The van der Waals surface area contributed by atoms with E-state index in [1.807, 2.05) is 36.5 Å². The van der Waals surface area contributed by atoms with E-state index in [1.165, 1.54) is 10.1 Å². The predicted octanol–water partition coefficient (Wildman–Crippen LogP) is 13.3. The molecule has 10 aromatic rings. The minimum atomic E-state index is -0.568. The maximum atomic E-state index is 8.87. The Morgan fingerprint density at radius 2 is 1.38 bits per heavy atom. The number of rotatable bonds is 11. The summed E-state index contributed by atoms with van der Waals surface area (Å²) < 4.78 is 97.5. The monoisotopic (exact) mass is 979 g/mol. The maximum absolute atomic E-state index is 8.87. The molecule has 10 rings (SSSR count). The normalized spacial score (nSPS) is 13.6. The average Bonchev–Trinajstić information content (AvgIpc) is 4.00. The van der Waals surface area contributed by atoms with Crippen LogP contribution in [0.2, 0.25) is 0 Å². The van der Waals surface area contributed by atoms with E-state index in [9.17, 15) is 0 Å². The average molecular weight is 980 g/mol. The second kappa shape index (κ2) is 17.4. The van der Waals surface area contributed by atoms with Crippen molar-refractivity contribution in [2.45, 2.75) is 32.6 Å². The molecule has 0 aliphatic carbocycles. The molecule has 0 saturated carbocycles. The maximum Gasteiger partial charge on any atom is 0.267 e. The third-order valence-electron chi connectivity index (χ3n) is 10.8. The van der Waals surface area contributed by atoms with Crippen LogP contribution < -0.4 is 9.30 Å². The van der Waals surface area contributed by atoms with Crippen LogP contribution in [0.4, 0.5) is 0 Å². The summed E-state index contributed by atoms with van der Waals surface area (Å²) in [5, 5.41) is 2.02. The van der Waals surface area contributed by atoms with E-state index in [-0.39, 0.29) is 49.0 Å². The molecule has 0 aliphatic rings. The second-order valence-electron chi connectivity index (χ2n) is 14.3. The Balaban J connectivity index is 0.00000624. The molecular formula is C55H42N4OPt-2. The van der Waals surface area contributed by atoms with Crippen molar-refractivity contribution in [1.29, 1.82) is 0 Å². The van der Waals surface area contributed by atoms with Crippen LogP contribution in [0, 0.1) is 18.5 Å². The molecule has 0 atom stereocenters. The molecule has 61 heavy (non-hydrogen) atoms. The molecule has 0 aliphatic heterocycles. The Bertz CT molecular complexity index is 3560. The number of fused-ring (bicyclic) bond motifs is 3. The third kappa shape index (κ3) is 7.74. The molecule has 0 fully saturated rings. The molecule has 7 aromatic carbocycles. The largest absolute Gasteiger partial charge is 0.510 e. The molecule has 0 saturated heterocycles. The number of pyridine rings is 1. The first-order chi connectivity index (χ1) is 33.8. The van der Waals surface area contributed by atoms with Crippen molar-refractivity contribution in [3.8, 4) is 62.1 Å². The van der Waals surface area contributed by atoms with Crippen molar-refractivity contribution in [1.82, 2.24) is 14.1 Å². The first kappa shape index (κ1) is 29.4. The Morgan fingerprint density at radius 1 is 0.672 bits per heavy atom. The number of aromatic nitrogens is 4. The van der Waals surface area contributed by atoms with Crippen molar-refractivity contribution in [2.24, 2.45) is 0 Å². The van der Waals surface area contributed by atoms with Crippen molar-refractivity contribution in [2.75, 3.05) is 0 Å². The van der Waals surface area contributed by atoms with Gasteiger partial charge < -0.3 is 13.9 Å². The van der Waals surface area contributed by atoms with Gasteiger partial charge in [0.25, 0.3) is 6.33 Å². The summed E-state index contributed by atoms with van der Waals surface area (Å²) in [5.41, 5.74) is 5.87. The van der Waals surface area contributed by atoms with E-state index in [0.29, 0.717) is 23.1 Å². The Kier molecular flexibility index (Phi) is 8.40. The summed E-state index contributed by atoms with van der Waals surface area (Å²) in [7, 11) is 0. The Morgan fingerprint density at radius 3 is 2.10 bits per heavy atom. The van der Waals surface area contributed by atoms with E-state index < -0.39 is 60.4 Å². The predicted molar refractivity (Wildman–Crippen MR) is 242 cm³/mol. The molecule has 0 N–H and O–H groups in total. The second-order valence-corrected chi connectivity index (χ2v) is 14.3. The molecule has 0 spiro atoms. The Labute approximate surface area is 385 Å². The summed E-state index contributed by atoms with van der Waals surface area (Å²) in [5.74, 6) is 1.97. The zero-order valence-electron chi connectivity index (χ0n) is 43.1. The molecule has 3 heterocycles. The third-order valence-corrected chi connectivity index (χ3v) is 10.8. The van der Waals surface area contributed by atoms with Crippen LogP contribution in [0.1, 0.15) is 51.9 Å². The molecule has 0 amide bonds. The number of nitrogens with zero attached hydrogens (tertiary/aromatic N) is 4. The Hall–Kier alpha value is -6.81. The van der Waals surface area contributed by atoms with Gasteiger partial charge in [-0.25, -0.2) is 4.98 Å². The molecule has 6 heteroatoms. The summed E-state index contributed by atoms with van der Waals surface area (Å²) in [4.78, 5) is 4.88. The van der Waals surface area contributed by atoms with Gasteiger partial charge in [0.05, 0.1) is 19.4 Å². The van der Waals surface area contributed by atoms with Crippen LogP contribution in [-0.4, -0.2) is 14.1 Å². The van der Waals surface area contributed by atoms with Gasteiger partial charge in [0.15, 0.2) is 0 Å². The van der Waals surface area contributed by atoms with Crippen molar-refractivity contribution < 1.29 is 44.1 Å². The molecule has 300 valence electrons. The fourth-order valence-corrected chi connectivity index (χ4v) is 7.91. The minimum absolute atomic E-state index is 0. The van der Waals surface area contributed by atoms with E-state index >= 15 is 0 Å². The zero-order chi connectivity index (χ0) is 49.1. The molecule has 0 radical (unpaired) electrons. The number of imidazole rings is 1. The topological polar surface area (TPSA) is 35.9 Å².